The maximum Gasteiger partial charge on any atom is 0.237 e. The predicted octanol–water partition coefficient (Wildman–Crippen LogP) is 3.43. The van der Waals surface area contributed by atoms with Gasteiger partial charge in [-0.1, -0.05) is 48.3 Å². The van der Waals surface area contributed by atoms with Gasteiger partial charge in [-0.15, -0.1) is 0 Å². The molecule has 1 saturated carbocycles. The van der Waals surface area contributed by atoms with E-state index in [2.05, 4.69) is 35.5 Å². The highest BCUT2D eigenvalue weighted by Crippen LogP contribution is 2.45. The van der Waals surface area contributed by atoms with Crippen molar-refractivity contribution in [2.24, 2.45) is 0 Å². The monoisotopic (exact) mass is 284 g/mol. The summed E-state index contributed by atoms with van der Waals surface area (Å²) >= 11 is 0. The Hall–Kier alpha value is -1.68. The largest absolute Gasteiger partial charge is 0.381 e. The summed E-state index contributed by atoms with van der Waals surface area (Å²) in [6, 6.07) is 10.6. The third-order valence-electron chi connectivity index (χ3n) is 4.93. The summed E-state index contributed by atoms with van der Waals surface area (Å²) in [5.41, 5.74) is 1.23. The van der Waals surface area contributed by atoms with Crippen LogP contribution >= 0.6 is 0 Å². The van der Waals surface area contributed by atoms with Gasteiger partial charge in [-0.2, -0.15) is 4.98 Å². The Morgan fingerprint density at radius 3 is 2.62 bits per heavy atom. The summed E-state index contributed by atoms with van der Waals surface area (Å²) in [5, 5.41) is 4.25. The third-order valence-corrected chi connectivity index (χ3v) is 4.93. The number of hydrogen-bond donors (Lipinski definition) is 0. The molecular weight excluding hydrogens is 264 g/mol. The molecule has 0 amide bonds. The first-order valence-electron chi connectivity index (χ1n) is 7.86. The van der Waals surface area contributed by atoms with Gasteiger partial charge < -0.3 is 9.26 Å². The summed E-state index contributed by atoms with van der Waals surface area (Å²) in [4.78, 5) is 4.77. The Morgan fingerprint density at radius 1 is 1.10 bits per heavy atom. The predicted molar refractivity (Wildman–Crippen MR) is 78.2 cm³/mol. The SMILES string of the molecule is c1ccc(C2(c3nc(C4CCOC4)no3)CCCC2)cc1. The molecule has 0 N–H and O–H groups in total. The Balaban J connectivity index is 1.71. The van der Waals surface area contributed by atoms with Crippen LogP contribution in [0.1, 0.15) is 55.3 Å². The van der Waals surface area contributed by atoms with Crippen LogP contribution in [0.2, 0.25) is 0 Å². The second-order valence-electron chi connectivity index (χ2n) is 6.17. The number of ether oxygens (including phenoxy) is 1. The van der Waals surface area contributed by atoms with Gasteiger partial charge in [0.2, 0.25) is 5.89 Å². The van der Waals surface area contributed by atoms with E-state index in [-0.39, 0.29) is 5.41 Å². The normalized spacial score (nSPS) is 24.5. The first kappa shape index (κ1) is 13.0. The van der Waals surface area contributed by atoms with E-state index in [0.29, 0.717) is 5.92 Å². The van der Waals surface area contributed by atoms with Gasteiger partial charge in [-0.05, 0) is 24.8 Å². The molecule has 1 aromatic heterocycles. The molecule has 1 saturated heterocycles. The number of nitrogens with zero attached hydrogens (tertiary/aromatic N) is 2. The van der Waals surface area contributed by atoms with Crippen LogP contribution in [0.3, 0.4) is 0 Å². The van der Waals surface area contributed by atoms with Crippen molar-refractivity contribution in [3.63, 3.8) is 0 Å². The number of hydrogen-bond acceptors (Lipinski definition) is 4. The highest BCUT2D eigenvalue weighted by atomic mass is 16.5. The zero-order chi connectivity index (χ0) is 14.1. The lowest BCUT2D eigenvalue weighted by atomic mass is 9.79. The van der Waals surface area contributed by atoms with Gasteiger partial charge in [-0.3, -0.25) is 0 Å². The lowest BCUT2D eigenvalue weighted by molar-refractivity contribution is 0.192. The van der Waals surface area contributed by atoms with E-state index < -0.39 is 0 Å². The summed E-state index contributed by atoms with van der Waals surface area (Å²) in [6.07, 6.45) is 5.63. The molecule has 2 aliphatic rings. The molecule has 1 aromatic carbocycles. The van der Waals surface area contributed by atoms with Crippen molar-refractivity contribution in [3.05, 3.63) is 47.6 Å². The van der Waals surface area contributed by atoms with Gasteiger partial charge >= 0.3 is 0 Å². The highest BCUT2D eigenvalue weighted by molar-refractivity contribution is 5.33. The Morgan fingerprint density at radius 2 is 1.90 bits per heavy atom. The minimum absolute atomic E-state index is 0.0774. The van der Waals surface area contributed by atoms with Crippen LogP contribution < -0.4 is 0 Å². The zero-order valence-electron chi connectivity index (χ0n) is 12.1. The molecule has 0 bridgehead atoms. The molecule has 1 unspecified atom stereocenters. The lowest BCUT2D eigenvalue weighted by Gasteiger charge is -2.25. The molecular formula is C17H20N2O2. The summed E-state index contributed by atoms with van der Waals surface area (Å²) in [6.45, 7) is 1.52. The summed E-state index contributed by atoms with van der Waals surface area (Å²) < 4.78 is 11.1. The zero-order valence-corrected chi connectivity index (χ0v) is 12.1. The molecule has 2 aromatic rings. The molecule has 2 heterocycles. The highest BCUT2D eigenvalue weighted by Gasteiger charge is 2.42. The van der Waals surface area contributed by atoms with Gasteiger partial charge in [0.1, 0.15) is 0 Å². The molecule has 1 atom stereocenters. The van der Waals surface area contributed by atoms with Crippen molar-refractivity contribution in [1.29, 1.82) is 0 Å². The molecule has 0 radical (unpaired) electrons. The second kappa shape index (κ2) is 5.26. The fraction of sp³-hybridized carbons (Fsp3) is 0.529. The smallest absolute Gasteiger partial charge is 0.237 e. The molecule has 21 heavy (non-hydrogen) atoms. The van der Waals surface area contributed by atoms with Crippen molar-refractivity contribution >= 4 is 0 Å². The van der Waals surface area contributed by atoms with E-state index in [9.17, 15) is 0 Å². The van der Waals surface area contributed by atoms with E-state index >= 15 is 0 Å². The maximum absolute atomic E-state index is 5.70. The van der Waals surface area contributed by atoms with Crippen molar-refractivity contribution in [1.82, 2.24) is 10.1 Å². The van der Waals surface area contributed by atoms with Crippen molar-refractivity contribution in [2.75, 3.05) is 13.2 Å². The second-order valence-corrected chi connectivity index (χ2v) is 6.17. The minimum atomic E-state index is -0.0774. The minimum Gasteiger partial charge on any atom is -0.381 e. The standard InChI is InChI=1S/C17H20N2O2/c1-2-6-14(7-3-1)17(9-4-5-10-17)16-18-15(19-21-16)13-8-11-20-12-13/h1-3,6-7,13H,4-5,8-12H2. The summed E-state index contributed by atoms with van der Waals surface area (Å²) in [5.74, 6) is 1.93. The van der Waals surface area contributed by atoms with Crippen LogP contribution in [-0.2, 0) is 10.2 Å². The van der Waals surface area contributed by atoms with Crippen LogP contribution in [0.25, 0.3) is 0 Å². The average Bonchev–Trinajstić information content (AvgIpc) is 3.28. The average molecular weight is 284 g/mol. The molecule has 1 aliphatic carbocycles. The van der Waals surface area contributed by atoms with Crippen molar-refractivity contribution < 1.29 is 9.26 Å². The number of rotatable bonds is 3. The lowest BCUT2D eigenvalue weighted by Crippen LogP contribution is -2.24. The van der Waals surface area contributed by atoms with Gasteiger partial charge in [-0.25, -0.2) is 0 Å². The third kappa shape index (κ3) is 2.18. The molecule has 0 spiro atoms. The van der Waals surface area contributed by atoms with E-state index in [1.807, 2.05) is 0 Å². The Bertz CT molecular complexity index is 596. The number of benzene rings is 1. The Labute approximate surface area is 124 Å². The molecule has 2 fully saturated rings. The fourth-order valence-electron chi connectivity index (χ4n) is 3.69. The van der Waals surface area contributed by atoms with E-state index in [1.54, 1.807) is 0 Å². The van der Waals surface area contributed by atoms with Crippen LogP contribution in [-0.4, -0.2) is 23.4 Å². The molecule has 4 nitrogen and oxygen atoms in total. The van der Waals surface area contributed by atoms with Gasteiger partial charge in [0.15, 0.2) is 5.82 Å². The van der Waals surface area contributed by atoms with E-state index in [0.717, 1.165) is 44.2 Å². The molecule has 4 heteroatoms. The van der Waals surface area contributed by atoms with Crippen LogP contribution in [0.15, 0.2) is 34.9 Å². The van der Waals surface area contributed by atoms with Crippen LogP contribution in [0.5, 0.6) is 0 Å². The van der Waals surface area contributed by atoms with Crippen LogP contribution in [0.4, 0.5) is 0 Å². The maximum atomic E-state index is 5.70. The first-order valence-corrected chi connectivity index (χ1v) is 7.86. The molecule has 4 rings (SSSR count). The summed E-state index contributed by atoms with van der Waals surface area (Å²) in [7, 11) is 0. The molecule has 1 aliphatic heterocycles. The van der Waals surface area contributed by atoms with E-state index in [1.165, 1.54) is 18.4 Å². The van der Waals surface area contributed by atoms with Gasteiger partial charge in [0.25, 0.3) is 0 Å². The van der Waals surface area contributed by atoms with Crippen molar-refractivity contribution in [3.8, 4) is 0 Å². The first-order chi connectivity index (χ1) is 10.4. The van der Waals surface area contributed by atoms with Crippen LogP contribution in [0, 0.1) is 0 Å². The number of aromatic nitrogens is 2. The molecule has 110 valence electrons. The van der Waals surface area contributed by atoms with E-state index in [4.69, 9.17) is 14.2 Å². The fourth-order valence-corrected chi connectivity index (χ4v) is 3.69. The van der Waals surface area contributed by atoms with Gasteiger partial charge in [0, 0.05) is 12.5 Å². The topological polar surface area (TPSA) is 48.2 Å². The van der Waals surface area contributed by atoms with Crippen molar-refractivity contribution in [2.45, 2.75) is 43.4 Å². The van der Waals surface area contributed by atoms with Gasteiger partial charge in [0.05, 0.1) is 12.0 Å². The Kier molecular flexibility index (Phi) is 3.26. The quantitative estimate of drug-likeness (QED) is 0.866.